The summed E-state index contributed by atoms with van der Waals surface area (Å²) in [5, 5.41) is 0. The molecule has 0 aliphatic rings. The number of ether oxygens (including phenoxy) is 2. The molecule has 0 radical (unpaired) electrons. The van der Waals surface area contributed by atoms with Gasteiger partial charge in [0, 0.05) is 28.3 Å². The minimum atomic E-state index is -0.112. The Balaban J connectivity index is -0.000000180. The zero-order valence-electron chi connectivity index (χ0n) is 19.6. The van der Waals surface area contributed by atoms with E-state index in [1.807, 2.05) is 38.5 Å². The Morgan fingerprint density at radius 3 is 1.55 bits per heavy atom. The zero-order chi connectivity index (χ0) is 24.2. The van der Waals surface area contributed by atoms with Gasteiger partial charge in [-0.05, 0) is 72.1 Å². The fourth-order valence-corrected chi connectivity index (χ4v) is 2.67. The number of carbonyl (C=O) groups is 2. The molecule has 0 aliphatic carbocycles. The second-order valence-corrected chi connectivity index (χ2v) is 8.22. The number of methoxy groups -OCH3 is 2. The standard InChI is InChI=1S/C8H8BrNO2.C5H3Br2N.C5H11NO2.C3H7.ClH.Mg/c1-12-5-7(11)6-3-2-4-8(9)10-6;6-4-2-1-3-5(7)8-4;1-6(2)5(7)4-8-3;1-3-2;;/h2-4H,5H2,1H3;1-3H;4H2,1-3H3;3H,1-2H3;1H;/q;;;-1;;+2/p-1. The van der Waals surface area contributed by atoms with Crippen molar-refractivity contribution in [1.29, 1.82) is 0 Å². The Labute approximate surface area is 244 Å². The Morgan fingerprint density at radius 2 is 1.27 bits per heavy atom. The van der Waals surface area contributed by atoms with Gasteiger partial charge in [-0.3, -0.25) is 9.59 Å². The number of pyridine rings is 2. The number of nitrogens with zero attached hydrogens (tertiary/aromatic N) is 3. The molecule has 0 atom stereocenters. The predicted molar refractivity (Wildman–Crippen MR) is 140 cm³/mol. The van der Waals surface area contributed by atoms with Crippen LogP contribution in [0, 0.1) is 6.42 Å². The van der Waals surface area contributed by atoms with Gasteiger partial charge in [0.1, 0.15) is 32.7 Å². The van der Waals surface area contributed by atoms with Crippen molar-refractivity contribution in [3.8, 4) is 0 Å². The molecule has 12 heteroatoms. The molecule has 0 aromatic carbocycles. The number of hydrogen-bond acceptors (Lipinski definition) is 6. The summed E-state index contributed by atoms with van der Waals surface area (Å²) >= 11 is 9.62. The van der Waals surface area contributed by atoms with E-state index in [9.17, 15) is 9.59 Å². The Bertz CT molecular complexity index is 758. The Morgan fingerprint density at radius 1 is 0.879 bits per heavy atom. The van der Waals surface area contributed by atoms with Gasteiger partial charge >= 0.3 is 23.1 Å². The smallest absolute Gasteiger partial charge is 1.00 e. The van der Waals surface area contributed by atoms with Gasteiger partial charge in [-0.2, -0.15) is 13.8 Å². The molecule has 2 heterocycles. The van der Waals surface area contributed by atoms with Crippen molar-refractivity contribution in [2.45, 2.75) is 13.8 Å². The average Bonchev–Trinajstić information content (AvgIpc) is 2.70. The summed E-state index contributed by atoms with van der Waals surface area (Å²) in [6, 6.07) is 10.9. The summed E-state index contributed by atoms with van der Waals surface area (Å²) in [4.78, 5) is 31.2. The molecule has 2 rings (SSSR count). The van der Waals surface area contributed by atoms with Gasteiger partial charge in [-0.15, -0.1) is 0 Å². The molecule has 182 valence electrons. The quantitative estimate of drug-likeness (QED) is 0.207. The first-order chi connectivity index (χ1) is 14.6. The summed E-state index contributed by atoms with van der Waals surface area (Å²) in [5.74, 6) is -0.119. The fourth-order valence-electron chi connectivity index (χ4n) is 1.40. The zero-order valence-corrected chi connectivity index (χ0v) is 26.6. The van der Waals surface area contributed by atoms with Crippen LogP contribution in [-0.2, 0) is 14.3 Å². The van der Waals surface area contributed by atoms with E-state index >= 15 is 0 Å². The largest absolute Gasteiger partial charge is 2.00 e. The van der Waals surface area contributed by atoms with Gasteiger partial charge in [0.2, 0.25) is 11.7 Å². The van der Waals surface area contributed by atoms with Gasteiger partial charge < -0.3 is 33.2 Å². The summed E-state index contributed by atoms with van der Waals surface area (Å²) < 4.78 is 11.6. The molecule has 2 aromatic heterocycles. The summed E-state index contributed by atoms with van der Waals surface area (Å²) in [5.41, 5.74) is 0.422. The van der Waals surface area contributed by atoms with E-state index in [-0.39, 0.29) is 60.4 Å². The van der Waals surface area contributed by atoms with Gasteiger partial charge in [0.25, 0.3) is 0 Å². The number of rotatable bonds is 5. The Hall–Kier alpha value is -0.144. The van der Waals surface area contributed by atoms with Gasteiger partial charge in [0.05, 0.1) is 0 Å². The molecule has 0 spiro atoms. The van der Waals surface area contributed by atoms with E-state index in [4.69, 9.17) is 4.74 Å². The molecule has 1 amide bonds. The number of amides is 1. The molecule has 7 nitrogen and oxygen atoms in total. The van der Waals surface area contributed by atoms with Crippen molar-refractivity contribution >= 4 is 82.5 Å². The topological polar surface area (TPSA) is 81.6 Å². The van der Waals surface area contributed by atoms with Gasteiger partial charge in [0.15, 0.2) is 0 Å². The monoisotopic (exact) mass is 683 g/mol. The second kappa shape index (κ2) is 26.5. The first-order valence-corrected chi connectivity index (χ1v) is 11.4. The van der Waals surface area contributed by atoms with Crippen LogP contribution in [-0.4, -0.2) is 91.1 Å². The number of carbonyl (C=O) groups excluding carboxylic acids is 2. The SMILES string of the molecule is Brc1cccc(Br)n1.COCC(=O)N(C)C.COCC(=O)c1cccc(Br)n1.C[CH-]C.[Cl-].[Mg+2]. The molecular weight excluding hydrogens is 658 g/mol. The summed E-state index contributed by atoms with van der Waals surface area (Å²) in [7, 11) is 6.37. The molecule has 0 saturated heterocycles. The predicted octanol–water partition coefficient (Wildman–Crippen LogP) is 1.85. The molecular formula is C21H29Br3ClMgN3O4. The van der Waals surface area contributed by atoms with Crippen LogP contribution in [0.5, 0.6) is 0 Å². The molecule has 0 saturated carbocycles. The minimum Gasteiger partial charge on any atom is -1.00 e. The van der Waals surface area contributed by atoms with Crippen molar-refractivity contribution in [2.75, 3.05) is 41.5 Å². The maximum absolute atomic E-state index is 11.2. The number of halogens is 4. The van der Waals surface area contributed by atoms with Gasteiger partial charge in [-0.25, -0.2) is 9.97 Å². The minimum absolute atomic E-state index is 0. The molecule has 2 aromatic rings. The van der Waals surface area contributed by atoms with Crippen LogP contribution in [0.2, 0.25) is 0 Å². The maximum Gasteiger partial charge on any atom is 2.00 e. The van der Waals surface area contributed by atoms with Gasteiger partial charge in [-0.1, -0.05) is 12.1 Å². The van der Waals surface area contributed by atoms with Crippen LogP contribution in [0.15, 0.2) is 50.2 Å². The summed E-state index contributed by atoms with van der Waals surface area (Å²) in [6.07, 6.45) is 2.00. The number of ketones is 1. The molecule has 33 heavy (non-hydrogen) atoms. The molecule has 0 bridgehead atoms. The van der Waals surface area contributed by atoms with Crippen molar-refractivity contribution in [3.63, 3.8) is 0 Å². The van der Waals surface area contributed by atoms with Crippen LogP contribution in [0.3, 0.4) is 0 Å². The molecule has 0 aliphatic heterocycles. The maximum atomic E-state index is 11.2. The van der Waals surface area contributed by atoms with E-state index in [0.717, 1.165) is 9.21 Å². The van der Waals surface area contributed by atoms with Crippen molar-refractivity contribution in [1.82, 2.24) is 14.9 Å². The molecule has 0 fully saturated rings. The third-order valence-corrected chi connectivity index (χ3v) is 4.05. The van der Waals surface area contributed by atoms with Crippen LogP contribution < -0.4 is 12.4 Å². The number of likely N-dealkylation sites (N-methyl/N-ethyl adjacent to an activating group) is 1. The number of aromatic nitrogens is 2. The van der Waals surface area contributed by atoms with E-state index in [0.29, 0.717) is 10.3 Å². The Kier molecular flexibility index (Phi) is 32.1. The molecule has 0 unspecified atom stereocenters. The normalized spacial score (nSPS) is 8.52. The van der Waals surface area contributed by atoms with E-state index in [1.165, 1.54) is 19.1 Å². The van der Waals surface area contributed by atoms with Crippen molar-refractivity contribution < 1.29 is 31.5 Å². The fraction of sp³-hybridized carbons (Fsp3) is 0.381. The average molecular weight is 687 g/mol. The molecule has 0 N–H and O–H groups in total. The van der Waals surface area contributed by atoms with E-state index < -0.39 is 0 Å². The first-order valence-electron chi connectivity index (χ1n) is 8.98. The van der Waals surface area contributed by atoms with E-state index in [1.54, 1.807) is 32.3 Å². The van der Waals surface area contributed by atoms with Crippen molar-refractivity contribution in [2.24, 2.45) is 0 Å². The van der Waals surface area contributed by atoms with Crippen LogP contribution in [0.4, 0.5) is 0 Å². The summed E-state index contributed by atoms with van der Waals surface area (Å²) in [6.45, 7) is 4.25. The third kappa shape index (κ3) is 24.8. The number of hydrogen-bond donors (Lipinski definition) is 0. The number of Topliss-reactive ketones (excluding diaryl/α,β-unsaturated/α-hetero) is 1. The van der Waals surface area contributed by atoms with E-state index in [2.05, 4.69) is 62.5 Å². The second-order valence-electron chi connectivity index (χ2n) is 5.78. The first kappa shape index (κ1) is 40.0. The van der Waals surface area contributed by atoms with Crippen molar-refractivity contribution in [3.05, 3.63) is 62.3 Å². The van der Waals surface area contributed by atoms with Crippen LogP contribution >= 0.6 is 47.8 Å². The third-order valence-electron chi connectivity index (χ3n) is 2.72. The van der Waals surface area contributed by atoms with Crippen LogP contribution in [0.25, 0.3) is 0 Å². The van der Waals surface area contributed by atoms with Crippen LogP contribution in [0.1, 0.15) is 24.3 Å².